The van der Waals surface area contributed by atoms with Gasteiger partial charge in [-0.3, -0.25) is 15.0 Å². The van der Waals surface area contributed by atoms with Gasteiger partial charge in [-0.15, -0.1) is 0 Å². The van der Waals surface area contributed by atoms with E-state index in [0.29, 0.717) is 5.22 Å². The minimum absolute atomic E-state index is 0.0735. The molecule has 19 heavy (non-hydrogen) atoms. The molecule has 1 fully saturated rings. The van der Waals surface area contributed by atoms with Gasteiger partial charge in [-0.05, 0) is 34.6 Å². The van der Waals surface area contributed by atoms with Crippen molar-refractivity contribution < 1.29 is 0 Å². The second-order valence-electron chi connectivity index (χ2n) is 6.26. The quantitative estimate of drug-likeness (QED) is 0.703. The second kappa shape index (κ2) is 3.53. The largest absolute Gasteiger partial charge is 0.362 e. The van der Waals surface area contributed by atoms with Crippen LogP contribution in [0.3, 0.4) is 0 Å². The molecule has 0 aliphatic heterocycles. The van der Waals surface area contributed by atoms with Crippen molar-refractivity contribution in [3.05, 3.63) is 44.9 Å². The Bertz CT molecular complexity index is 769. The van der Waals surface area contributed by atoms with Gasteiger partial charge in [0.1, 0.15) is 0 Å². The van der Waals surface area contributed by atoms with Gasteiger partial charge in [-0.25, -0.2) is 0 Å². The molecule has 0 saturated heterocycles. The summed E-state index contributed by atoms with van der Waals surface area (Å²) < 4.78 is 0. The molecule has 4 nitrogen and oxygen atoms in total. The normalized spacial score (nSPS) is 20.8. The first-order valence-electron chi connectivity index (χ1n) is 6.53. The maximum absolute atomic E-state index is 12.0. The summed E-state index contributed by atoms with van der Waals surface area (Å²) in [5.41, 5.74) is 2.40. The lowest BCUT2D eigenvalue weighted by Crippen LogP contribution is -2.34. The van der Waals surface area contributed by atoms with Crippen LogP contribution in [0, 0.1) is 10.8 Å². The third kappa shape index (κ3) is 1.56. The third-order valence-corrected chi connectivity index (χ3v) is 4.74. The summed E-state index contributed by atoms with van der Waals surface area (Å²) in [4.78, 5) is 15.1. The third-order valence-electron chi connectivity index (χ3n) is 4.74. The SMILES string of the molecule is CC1(C)C(=c2[nH][nH]c(=O)c2=Cc2ccc[nH]2)C1(C)C. The molecule has 1 aliphatic rings. The van der Waals surface area contributed by atoms with E-state index in [4.69, 9.17) is 0 Å². The monoisotopic (exact) mass is 257 g/mol. The Morgan fingerprint density at radius 1 is 1.11 bits per heavy atom. The maximum Gasteiger partial charge on any atom is 0.271 e. The van der Waals surface area contributed by atoms with Crippen molar-refractivity contribution in [3.8, 4) is 0 Å². The van der Waals surface area contributed by atoms with Gasteiger partial charge in [0.05, 0.1) is 10.6 Å². The van der Waals surface area contributed by atoms with Gasteiger partial charge in [0.2, 0.25) is 0 Å². The first-order valence-corrected chi connectivity index (χ1v) is 6.53. The van der Waals surface area contributed by atoms with Crippen LogP contribution in [-0.4, -0.2) is 15.2 Å². The highest BCUT2D eigenvalue weighted by molar-refractivity contribution is 5.74. The van der Waals surface area contributed by atoms with Crippen molar-refractivity contribution in [2.75, 3.05) is 0 Å². The fraction of sp³-hybridized carbons (Fsp3) is 0.400. The Labute approximate surface area is 111 Å². The minimum atomic E-state index is -0.0735. The molecule has 2 heterocycles. The van der Waals surface area contributed by atoms with E-state index in [-0.39, 0.29) is 16.4 Å². The first kappa shape index (κ1) is 12.1. The van der Waals surface area contributed by atoms with Gasteiger partial charge in [0.25, 0.3) is 5.56 Å². The van der Waals surface area contributed by atoms with Crippen molar-refractivity contribution in [3.63, 3.8) is 0 Å². The molecule has 3 rings (SSSR count). The first-order chi connectivity index (χ1) is 8.85. The average Bonchev–Trinajstić information content (AvgIpc) is 2.79. The van der Waals surface area contributed by atoms with Crippen LogP contribution >= 0.6 is 0 Å². The van der Waals surface area contributed by atoms with Gasteiger partial charge in [0, 0.05) is 11.9 Å². The topological polar surface area (TPSA) is 64.4 Å². The van der Waals surface area contributed by atoms with Gasteiger partial charge in [0.15, 0.2) is 0 Å². The highest BCUT2D eigenvalue weighted by Crippen LogP contribution is 2.68. The van der Waals surface area contributed by atoms with Crippen LogP contribution < -0.4 is 16.1 Å². The standard InChI is InChI=1S/C15H19N3O/c1-14(2)12(15(14,3)4)11-10(13(19)18-17-11)8-9-6-5-7-16-9/h5-8,16-17H,1-4H3,(H,18,19). The fourth-order valence-electron chi connectivity index (χ4n) is 2.95. The molecule has 0 aromatic carbocycles. The predicted molar refractivity (Wildman–Crippen MR) is 76.0 cm³/mol. The lowest BCUT2D eigenvalue weighted by molar-refractivity contribution is 0.457. The molecule has 1 aliphatic carbocycles. The molecule has 1 saturated carbocycles. The summed E-state index contributed by atoms with van der Waals surface area (Å²) in [5, 5.41) is 7.38. The van der Waals surface area contributed by atoms with E-state index >= 15 is 0 Å². The highest BCUT2D eigenvalue weighted by Gasteiger charge is 2.60. The average molecular weight is 257 g/mol. The molecule has 2 aromatic rings. The molecule has 4 heteroatoms. The van der Waals surface area contributed by atoms with Crippen molar-refractivity contribution in [1.82, 2.24) is 15.2 Å². The van der Waals surface area contributed by atoms with Gasteiger partial charge in [-0.1, -0.05) is 27.7 Å². The van der Waals surface area contributed by atoms with E-state index in [1.54, 1.807) is 0 Å². The van der Waals surface area contributed by atoms with E-state index in [2.05, 4.69) is 42.9 Å². The zero-order valence-electron chi connectivity index (χ0n) is 11.7. The molecule has 2 aromatic heterocycles. The van der Waals surface area contributed by atoms with Crippen LogP contribution in [0.15, 0.2) is 23.1 Å². The molecule has 0 radical (unpaired) electrons. The van der Waals surface area contributed by atoms with Gasteiger partial charge >= 0.3 is 0 Å². The van der Waals surface area contributed by atoms with E-state index < -0.39 is 0 Å². The lowest BCUT2D eigenvalue weighted by Gasteiger charge is -2.02. The maximum atomic E-state index is 12.0. The Morgan fingerprint density at radius 2 is 1.79 bits per heavy atom. The number of hydrogen-bond acceptors (Lipinski definition) is 1. The summed E-state index contributed by atoms with van der Waals surface area (Å²) in [7, 11) is 0. The zero-order valence-corrected chi connectivity index (χ0v) is 11.7. The molecule has 0 bridgehead atoms. The van der Waals surface area contributed by atoms with Crippen molar-refractivity contribution in [2.45, 2.75) is 27.7 Å². The highest BCUT2D eigenvalue weighted by atomic mass is 16.1. The van der Waals surface area contributed by atoms with Crippen LogP contribution in [0.5, 0.6) is 0 Å². The van der Waals surface area contributed by atoms with Crippen LogP contribution in [0.2, 0.25) is 0 Å². The Balaban J connectivity index is 2.35. The summed E-state index contributed by atoms with van der Waals surface area (Å²) in [6.07, 6.45) is 3.74. The van der Waals surface area contributed by atoms with E-state index in [9.17, 15) is 4.79 Å². The van der Waals surface area contributed by atoms with E-state index in [1.165, 1.54) is 5.57 Å². The number of nitrogens with one attached hydrogen (secondary N) is 3. The molecular formula is C15H19N3O. The van der Waals surface area contributed by atoms with E-state index in [0.717, 1.165) is 11.0 Å². The number of rotatable bonds is 1. The number of aromatic amines is 3. The summed E-state index contributed by atoms with van der Waals surface area (Å²) >= 11 is 0. The Kier molecular flexibility index (Phi) is 2.24. The van der Waals surface area contributed by atoms with Gasteiger partial charge in [-0.2, -0.15) is 0 Å². The molecule has 3 N–H and O–H groups in total. The smallest absolute Gasteiger partial charge is 0.271 e. The molecule has 0 unspecified atom stereocenters. The molecule has 100 valence electrons. The van der Waals surface area contributed by atoms with Crippen LogP contribution in [0.1, 0.15) is 33.4 Å². The van der Waals surface area contributed by atoms with Crippen molar-refractivity contribution >= 4 is 11.6 Å². The number of aromatic nitrogens is 3. The Hall–Kier alpha value is -1.97. The molecule has 0 spiro atoms. The number of H-pyrrole nitrogens is 3. The minimum Gasteiger partial charge on any atom is -0.362 e. The van der Waals surface area contributed by atoms with Crippen molar-refractivity contribution in [2.24, 2.45) is 10.8 Å². The molecule has 0 atom stereocenters. The second-order valence-corrected chi connectivity index (χ2v) is 6.26. The molecule has 0 amide bonds. The Morgan fingerprint density at radius 3 is 2.32 bits per heavy atom. The predicted octanol–water partition coefficient (Wildman–Crippen LogP) is 1.08. The van der Waals surface area contributed by atoms with Crippen LogP contribution in [-0.2, 0) is 0 Å². The number of hydrogen-bond donors (Lipinski definition) is 3. The summed E-state index contributed by atoms with van der Waals surface area (Å²) in [6, 6.07) is 3.87. The fourth-order valence-corrected chi connectivity index (χ4v) is 2.95. The van der Waals surface area contributed by atoms with Crippen LogP contribution in [0.4, 0.5) is 0 Å². The van der Waals surface area contributed by atoms with E-state index in [1.807, 2.05) is 24.4 Å². The lowest BCUT2D eigenvalue weighted by atomic mass is 10.0. The zero-order chi connectivity index (χ0) is 13.8. The summed E-state index contributed by atoms with van der Waals surface area (Å²) in [6.45, 7) is 8.86. The summed E-state index contributed by atoms with van der Waals surface area (Å²) in [5.74, 6) is 0. The van der Waals surface area contributed by atoms with Crippen molar-refractivity contribution in [1.29, 1.82) is 0 Å². The molecular weight excluding hydrogens is 238 g/mol. The van der Waals surface area contributed by atoms with Crippen LogP contribution in [0.25, 0.3) is 11.6 Å². The van der Waals surface area contributed by atoms with Gasteiger partial charge < -0.3 is 4.98 Å².